The van der Waals surface area contributed by atoms with Gasteiger partial charge in [-0.1, -0.05) is 30.3 Å². The average Bonchev–Trinajstić information content (AvgIpc) is 2.17. The summed E-state index contributed by atoms with van der Waals surface area (Å²) in [5.74, 6) is -1.71. The molecule has 0 aromatic heterocycles. The van der Waals surface area contributed by atoms with Gasteiger partial charge in [0.1, 0.15) is 0 Å². The number of benzene rings is 1. The summed E-state index contributed by atoms with van der Waals surface area (Å²) in [6, 6.07) is 8.08. The van der Waals surface area contributed by atoms with E-state index in [1.165, 1.54) is 12.1 Å². The van der Waals surface area contributed by atoms with Gasteiger partial charge >= 0.3 is 5.97 Å². The topological polar surface area (TPSA) is 57.5 Å². The number of carbonyl (C=O) groups is 1. The van der Waals surface area contributed by atoms with E-state index in [2.05, 4.69) is 0 Å². The first-order chi connectivity index (χ1) is 6.11. The summed E-state index contributed by atoms with van der Waals surface area (Å²) in [6.45, 7) is 0. The van der Waals surface area contributed by atoms with Crippen molar-refractivity contribution in [2.45, 2.75) is 5.60 Å². The maximum Gasteiger partial charge on any atom is 0.341 e. The second-order valence-electron chi connectivity index (χ2n) is 2.67. The zero-order valence-electron chi connectivity index (χ0n) is 6.77. The SMILES string of the molecule is O=C(O)C(O)(CCl)c1ccccc1. The van der Waals surface area contributed by atoms with E-state index in [9.17, 15) is 9.90 Å². The fraction of sp³-hybridized carbons (Fsp3) is 0.222. The molecule has 70 valence electrons. The Morgan fingerprint density at radius 3 is 2.31 bits per heavy atom. The first kappa shape index (κ1) is 10.0. The van der Waals surface area contributed by atoms with Crippen LogP contribution >= 0.6 is 11.6 Å². The molecule has 13 heavy (non-hydrogen) atoms. The third kappa shape index (κ3) is 1.82. The van der Waals surface area contributed by atoms with E-state index < -0.39 is 11.6 Å². The van der Waals surface area contributed by atoms with E-state index in [4.69, 9.17) is 16.7 Å². The third-order valence-corrected chi connectivity index (χ3v) is 2.19. The summed E-state index contributed by atoms with van der Waals surface area (Å²) in [6.07, 6.45) is 0. The van der Waals surface area contributed by atoms with Gasteiger partial charge in [0.05, 0.1) is 5.88 Å². The summed E-state index contributed by atoms with van der Waals surface area (Å²) in [4.78, 5) is 10.7. The molecule has 0 bridgehead atoms. The van der Waals surface area contributed by atoms with Gasteiger partial charge < -0.3 is 10.2 Å². The van der Waals surface area contributed by atoms with Crippen LogP contribution in [-0.2, 0) is 10.4 Å². The van der Waals surface area contributed by atoms with Gasteiger partial charge in [-0.3, -0.25) is 0 Å². The van der Waals surface area contributed by atoms with Crippen LogP contribution in [0.4, 0.5) is 0 Å². The molecule has 4 heteroatoms. The maximum atomic E-state index is 10.7. The minimum absolute atomic E-state index is 0.289. The summed E-state index contributed by atoms with van der Waals surface area (Å²) >= 11 is 5.41. The fourth-order valence-electron chi connectivity index (χ4n) is 0.972. The van der Waals surface area contributed by atoms with Crippen LogP contribution in [0.5, 0.6) is 0 Å². The van der Waals surface area contributed by atoms with Crippen molar-refractivity contribution in [2.75, 3.05) is 5.88 Å². The summed E-state index contributed by atoms with van der Waals surface area (Å²) in [7, 11) is 0. The van der Waals surface area contributed by atoms with Gasteiger partial charge in [0.25, 0.3) is 0 Å². The Bertz CT molecular complexity index is 299. The lowest BCUT2D eigenvalue weighted by Gasteiger charge is -2.20. The number of alkyl halides is 1. The molecule has 0 saturated heterocycles. The summed E-state index contributed by atoms with van der Waals surface area (Å²) in [5, 5.41) is 18.4. The Morgan fingerprint density at radius 2 is 1.92 bits per heavy atom. The van der Waals surface area contributed by atoms with Gasteiger partial charge in [-0.15, -0.1) is 11.6 Å². The Labute approximate surface area is 80.6 Å². The number of aliphatic carboxylic acids is 1. The third-order valence-electron chi connectivity index (χ3n) is 1.80. The molecular formula is C9H9ClO3. The largest absolute Gasteiger partial charge is 0.479 e. The molecule has 0 aliphatic rings. The number of hydrogen-bond acceptors (Lipinski definition) is 2. The lowest BCUT2D eigenvalue weighted by Crippen LogP contribution is -2.37. The number of aliphatic hydroxyl groups is 1. The second-order valence-corrected chi connectivity index (χ2v) is 2.93. The highest BCUT2D eigenvalue weighted by atomic mass is 35.5. The zero-order valence-corrected chi connectivity index (χ0v) is 7.53. The normalized spacial score (nSPS) is 14.9. The highest BCUT2D eigenvalue weighted by Gasteiger charge is 2.36. The number of carboxylic acid groups (broad SMARTS) is 1. The quantitative estimate of drug-likeness (QED) is 0.721. The van der Waals surface area contributed by atoms with E-state index in [0.717, 1.165) is 0 Å². The molecule has 1 unspecified atom stereocenters. The summed E-state index contributed by atoms with van der Waals surface area (Å²) in [5.41, 5.74) is -1.69. The molecule has 0 fully saturated rings. The monoisotopic (exact) mass is 200 g/mol. The zero-order chi connectivity index (χ0) is 9.90. The highest BCUT2D eigenvalue weighted by Crippen LogP contribution is 2.22. The first-order valence-corrected chi connectivity index (χ1v) is 4.22. The number of carboxylic acids is 1. The predicted molar refractivity (Wildman–Crippen MR) is 48.7 cm³/mol. The van der Waals surface area contributed by atoms with Gasteiger partial charge in [0, 0.05) is 0 Å². The van der Waals surface area contributed by atoms with E-state index in [-0.39, 0.29) is 11.4 Å². The molecule has 0 saturated carbocycles. The second kappa shape index (κ2) is 3.77. The molecule has 3 nitrogen and oxygen atoms in total. The van der Waals surface area contributed by atoms with Crippen LogP contribution in [0.15, 0.2) is 30.3 Å². The molecule has 2 N–H and O–H groups in total. The van der Waals surface area contributed by atoms with E-state index in [0.29, 0.717) is 0 Å². The van der Waals surface area contributed by atoms with Crippen molar-refractivity contribution in [3.8, 4) is 0 Å². The molecule has 1 aromatic rings. The number of rotatable bonds is 3. The smallest absolute Gasteiger partial charge is 0.341 e. The molecule has 1 atom stereocenters. The van der Waals surface area contributed by atoms with Gasteiger partial charge in [0.15, 0.2) is 0 Å². The van der Waals surface area contributed by atoms with Gasteiger partial charge in [0.2, 0.25) is 5.60 Å². The Hall–Kier alpha value is -1.06. The van der Waals surface area contributed by atoms with Crippen LogP contribution in [0, 0.1) is 0 Å². The number of halogens is 1. The van der Waals surface area contributed by atoms with Crippen molar-refractivity contribution < 1.29 is 15.0 Å². The Morgan fingerprint density at radius 1 is 1.38 bits per heavy atom. The van der Waals surface area contributed by atoms with E-state index in [1.807, 2.05) is 0 Å². The van der Waals surface area contributed by atoms with Crippen LogP contribution in [0.3, 0.4) is 0 Å². The van der Waals surface area contributed by atoms with Crippen molar-refractivity contribution in [3.05, 3.63) is 35.9 Å². The standard InChI is InChI=1S/C9H9ClO3/c10-6-9(13,8(11)12)7-4-2-1-3-5-7/h1-5,13H,6H2,(H,11,12). The molecule has 0 spiro atoms. The van der Waals surface area contributed by atoms with Gasteiger partial charge in [-0.25, -0.2) is 4.79 Å². The average molecular weight is 201 g/mol. The van der Waals surface area contributed by atoms with Crippen molar-refractivity contribution in [2.24, 2.45) is 0 Å². The molecule has 1 rings (SSSR count). The van der Waals surface area contributed by atoms with Crippen LogP contribution in [0.25, 0.3) is 0 Å². The van der Waals surface area contributed by atoms with Crippen LogP contribution in [-0.4, -0.2) is 22.1 Å². The maximum absolute atomic E-state index is 10.7. The van der Waals surface area contributed by atoms with Crippen molar-refractivity contribution >= 4 is 17.6 Å². The number of hydrogen-bond donors (Lipinski definition) is 2. The van der Waals surface area contributed by atoms with E-state index in [1.54, 1.807) is 18.2 Å². The van der Waals surface area contributed by atoms with Crippen LogP contribution in [0.1, 0.15) is 5.56 Å². The minimum Gasteiger partial charge on any atom is -0.479 e. The van der Waals surface area contributed by atoms with Crippen molar-refractivity contribution in [1.29, 1.82) is 0 Å². The molecule has 0 aliphatic carbocycles. The predicted octanol–water partition coefficient (Wildman–Crippen LogP) is 1.20. The van der Waals surface area contributed by atoms with Crippen molar-refractivity contribution in [1.82, 2.24) is 0 Å². The molecule has 1 aromatic carbocycles. The lowest BCUT2D eigenvalue weighted by atomic mass is 9.96. The molecule has 0 aliphatic heterocycles. The molecule has 0 heterocycles. The van der Waals surface area contributed by atoms with Gasteiger partial charge in [-0.2, -0.15) is 0 Å². The summed E-state index contributed by atoms with van der Waals surface area (Å²) < 4.78 is 0. The minimum atomic E-state index is -1.98. The van der Waals surface area contributed by atoms with Crippen LogP contribution < -0.4 is 0 Å². The Balaban J connectivity index is 3.11. The van der Waals surface area contributed by atoms with Crippen molar-refractivity contribution in [3.63, 3.8) is 0 Å². The van der Waals surface area contributed by atoms with Crippen LogP contribution in [0.2, 0.25) is 0 Å². The lowest BCUT2D eigenvalue weighted by molar-refractivity contribution is -0.157. The van der Waals surface area contributed by atoms with E-state index >= 15 is 0 Å². The highest BCUT2D eigenvalue weighted by molar-refractivity contribution is 6.20. The Kier molecular flexibility index (Phi) is 2.90. The molecular weight excluding hydrogens is 192 g/mol. The molecule has 0 radical (unpaired) electrons. The van der Waals surface area contributed by atoms with Gasteiger partial charge in [-0.05, 0) is 5.56 Å². The molecule has 0 amide bonds. The fourth-order valence-corrected chi connectivity index (χ4v) is 1.24. The first-order valence-electron chi connectivity index (χ1n) is 3.68.